The molecule has 43 heavy (non-hydrogen) atoms. The van der Waals surface area contributed by atoms with Gasteiger partial charge in [0.2, 0.25) is 0 Å². The number of ketones is 3. The van der Waals surface area contributed by atoms with Gasteiger partial charge in [0.05, 0.1) is 58.5 Å². The molecule has 0 fully saturated rings. The number of aromatic nitrogens is 1. The molecule has 4 rings (SSSR count). The summed E-state index contributed by atoms with van der Waals surface area (Å²) in [4.78, 5) is 52.5. The minimum atomic E-state index is -1.08. The summed E-state index contributed by atoms with van der Waals surface area (Å²) in [6, 6.07) is 6.50. The molecule has 3 aromatic heterocycles. The van der Waals surface area contributed by atoms with E-state index < -0.39 is 11.8 Å². The number of Topliss-reactive ketones (excluding diaryl/α,β-unsaturated/α-hetero) is 3. The van der Waals surface area contributed by atoms with Gasteiger partial charge in [-0.2, -0.15) is 0 Å². The molecule has 0 saturated heterocycles. The number of hydrogen-bond donors (Lipinski definition) is 1. The second kappa shape index (κ2) is 13.9. The SMILES string of the molecule is COc1cc2cc(C(=O)CCC(=O)O)sc2c(F)c1OCCCOc1cc2sc(C(=O)C[C@H](C)C(C)=O)cc2nc1OC. The van der Waals surface area contributed by atoms with Gasteiger partial charge < -0.3 is 24.1 Å². The number of fused-ring (bicyclic) bond motifs is 2. The molecule has 10 nitrogen and oxygen atoms in total. The van der Waals surface area contributed by atoms with E-state index in [-0.39, 0.29) is 82.7 Å². The average Bonchev–Trinajstić information content (AvgIpc) is 3.60. The summed E-state index contributed by atoms with van der Waals surface area (Å²) in [6.45, 7) is 3.45. The molecule has 0 unspecified atom stereocenters. The Morgan fingerprint density at radius 1 is 0.930 bits per heavy atom. The van der Waals surface area contributed by atoms with E-state index in [9.17, 15) is 19.2 Å². The van der Waals surface area contributed by atoms with Gasteiger partial charge in [0.15, 0.2) is 34.6 Å². The number of methoxy groups -OCH3 is 2. The van der Waals surface area contributed by atoms with Crippen molar-refractivity contribution >= 4 is 66.3 Å². The number of ether oxygens (including phenoxy) is 4. The van der Waals surface area contributed by atoms with Crippen molar-refractivity contribution in [2.45, 2.75) is 39.5 Å². The van der Waals surface area contributed by atoms with Crippen molar-refractivity contribution < 1.29 is 47.6 Å². The molecule has 0 bridgehead atoms. The topological polar surface area (TPSA) is 138 Å². The lowest BCUT2D eigenvalue weighted by atomic mass is 10.0. The molecule has 0 spiro atoms. The highest BCUT2D eigenvalue weighted by molar-refractivity contribution is 7.21. The Bertz CT molecular complexity index is 1690. The van der Waals surface area contributed by atoms with E-state index >= 15 is 4.39 Å². The summed E-state index contributed by atoms with van der Waals surface area (Å²) in [5.74, 6) is -2.00. The Morgan fingerprint density at radius 2 is 1.65 bits per heavy atom. The van der Waals surface area contributed by atoms with Gasteiger partial charge in [0.25, 0.3) is 5.88 Å². The van der Waals surface area contributed by atoms with E-state index in [4.69, 9.17) is 24.1 Å². The summed E-state index contributed by atoms with van der Waals surface area (Å²) in [6.07, 6.45) is 0.00616. The molecule has 0 radical (unpaired) electrons. The number of thiophene rings is 2. The maximum Gasteiger partial charge on any atom is 0.303 e. The highest BCUT2D eigenvalue weighted by atomic mass is 32.1. The zero-order chi connectivity index (χ0) is 31.3. The molecular weight excluding hydrogens is 601 g/mol. The van der Waals surface area contributed by atoms with Gasteiger partial charge in [-0.3, -0.25) is 19.2 Å². The Morgan fingerprint density at radius 3 is 2.33 bits per heavy atom. The van der Waals surface area contributed by atoms with Crippen molar-refractivity contribution in [3.8, 4) is 23.1 Å². The van der Waals surface area contributed by atoms with Crippen LogP contribution in [0.15, 0.2) is 24.3 Å². The molecular formula is C30H30FNO9S2. The van der Waals surface area contributed by atoms with E-state index in [1.807, 2.05) is 0 Å². The summed E-state index contributed by atoms with van der Waals surface area (Å²) >= 11 is 2.20. The van der Waals surface area contributed by atoms with Gasteiger partial charge in [-0.25, -0.2) is 9.37 Å². The largest absolute Gasteiger partial charge is 0.493 e. The number of carboxylic acids is 1. The highest BCUT2D eigenvalue weighted by Gasteiger charge is 2.22. The third-order valence-electron chi connectivity index (χ3n) is 6.61. The minimum Gasteiger partial charge on any atom is -0.493 e. The number of halogens is 1. The lowest BCUT2D eigenvalue weighted by Crippen LogP contribution is -2.11. The monoisotopic (exact) mass is 631 g/mol. The van der Waals surface area contributed by atoms with E-state index in [0.29, 0.717) is 28.0 Å². The molecule has 3 heterocycles. The van der Waals surface area contributed by atoms with Crippen LogP contribution in [0.2, 0.25) is 0 Å². The Balaban J connectivity index is 1.40. The lowest BCUT2D eigenvalue weighted by molar-refractivity contribution is -0.137. The normalized spacial score (nSPS) is 11.8. The molecule has 4 aromatic rings. The number of aliphatic carboxylic acids is 1. The van der Waals surface area contributed by atoms with Gasteiger partial charge in [-0.1, -0.05) is 6.92 Å². The second-order valence-electron chi connectivity index (χ2n) is 9.75. The number of nitrogens with zero attached hydrogens (tertiary/aromatic N) is 1. The first-order chi connectivity index (χ1) is 20.5. The van der Waals surface area contributed by atoms with Gasteiger partial charge >= 0.3 is 5.97 Å². The van der Waals surface area contributed by atoms with Crippen LogP contribution in [0.25, 0.3) is 20.3 Å². The van der Waals surface area contributed by atoms with Crippen LogP contribution in [0.3, 0.4) is 0 Å². The first-order valence-corrected chi connectivity index (χ1v) is 15.0. The maximum absolute atomic E-state index is 15.4. The number of benzene rings is 1. The van der Waals surface area contributed by atoms with Crippen LogP contribution in [0.5, 0.6) is 23.1 Å². The van der Waals surface area contributed by atoms with Gasteiger partial charge in [0, 0.05) is 36.6 Å². The van der Waals surface area contributed by atoms with E-state index in [1.165, 1.54) is 38.5 Å². The summed E-state index contributed by atoms with van der Waals surface area (Å²) < 4.78 is 38.6. The van der Waals surface area contributed by atoms with E-state index in [2.05, 4.69) is 4.98 Å². The predicted octanol–water partition coefficient (Wildman–Crippen LogP) is 6.36. The second-order valence-corrected chi connectivity index (χ2v) is 11.9. The van der Waals surface area contributed by atoms with Gasteiger partial charge in [-0.15, -0.1) is 22.7 Å². The molecule has 0 amide bonds. The summed E-state index contributed by atoms with van der Waals surface area (Å²) in [5, 5.41) is 9.28. The van der Waals surface area contributed by atoms with E-state index in [0.717, 1.165) is 16.0 Å². The fraction of sp³-hybridized carbons (Fsp3) is 0.367. The van der Waals surface area contributed by atoms with Crippen LogP contribution in [-0.2, 0) is 9.59 Å². The quantitative estimate of drug-likeness (QED) is 0.110. The molecule has 0 aliphatic carbocycles. The maximum atomic E-state index is 15.4. The third-order valence-corrected chi connectivity index (χ3v) is 8.91. The first kappa shape index (κ1) is 31.8. The van der Waals surface area contributed by atoms with Gasteiger partial charge in [0.1, 0.15) is 5.78 Å². The highest BCUT2D eigenvalue weighted by Crippen LogP contribution is 2.41. The Kier molecular flexibility index (Phi) is 10.3. The van der Waals surface area contributed by atoms with Crippen molar-refractivity contribution in [1.82, 2.24) is 4.98 Å². The molecule has 0 aliphatic rings. The average molecular weight is 632 g/mol. The van der Waals surface area contributed by atoms with Crippen LogP contribution in [0, 0.1) is 11.7 Å². The lowest BCUT2D eigenvalue weighted by Gasteiger charge is -2.13. The number of carbonyl (C=O) groups is 4. The fourth-order valence-electron chi connectivity index (χ4n) is 4.13. The number of carboxylic acid groups (broad SMARTS) is 1. The molecule has 13 heteroatoms. The Labute approximate surface area is 254 Å². The van der Waals surface area contributed by atoms with Crippen LogP contribution in [0.1, 0.15) is 58.9 Å². The fourth-order valence-corrected chi connectivity index (χ4v) is 6.14. The molecule has 1 N–H and O–H groups in total. The standard InChI is InChI=1S/C30H30FNO9S2/c1-15(16(2)33)10-20(35)25-13-18-23(42-25)14-22(30(32-18)39-4)40-8-5-9-41-28-21(38-3)11-17-12-24(43-29(17)27(28)31)19(34)6-7-26(36)37/h11-15H,5-10H2,1-4H3,(H,36,37)/t15-/m0/s1. The number of rotatable bonds is 16. The van der Waals surface area contributed by atoms with Crippen molar-refractivity contribution in [3.05, 3.63) is 39.8 Å². The van der Waals surface area contributed by atoms with E-state index in [1.54, 1.807) is 25.1 Å². The molecule has 0 aliphatic heterocycles. The smallest absolute Gasteiger partial charge is 0.303 e. The van der Waals surface area contributed by atoms with Crippen LogP contribution in [0.4, 0.5) is 4.39 Å². The number of pyridine rings is 1. The minimum absolute atomic E-state index is 0.0437. The van der Waals surface area contributed by atoms with Crippen LogP contribution in [-0.4, -0.2) is 60.8 Å². The molecule has 0 saturated carbocycles. The first-order valence-electron chi connectivity index (χ1n) is 13.3. The summed E-state index contributed by atoms with van der Waals surface area (Å²) in [5.41, 5.74) is 0.578. The molecule has 1 atom stereocenters. The Hall–Kier alpha value is -4.10. The molecule has 228 valence electrons. The van der Waals surface area contributed by atoms with Crippen molar-refractivity contribution in [2.24, 2.45) is 5.92 Å². The zero-order valence-corrected chi connectivity index (χ0v) is 25.6. The van der Waals surface area contributed by atoms with Crippen molar-refractivity contribution in [3.63, 3.8) is 0 Å². The number of hydrogen-bond acceptors (Lipinski definition) is 11. The van der Waals surface area contributed by atoms with Crippen molar-refractivity contribution in [1.29, 1.82) is 0 Å². The van der Waals surface area contributed by atoms with Crippen LogP contribution < -0.4 is 18.9 Å². The zero-order valence-electron chi connectivity index (χ0n) is 24.0. The van der Waals surface area contributed by atoms with Crippen molar-refractivity contribution in [2.75, 3.05) is 27.4 Å². The van der Waals surface area contributed by atoms with Crippen LogP contribution >= 0.6 is 22.7 Å². The third kappa shape index (κ3) is 7.46. The number of carbonyl (C=O) groups excluding carboxylic acids is 3. The summed E-state index contributed by atoms with van der Waals surface area (Å²) in [7, 11) is 2.84. The van der Waals surface area contributed by atoms with Gasteiger partial charge in [-0.05, 0) is 25.1 Å². The molecule has 1 aromatic carbocycles. The predicted molar refractivity (Wildman–Crippen MR) is 160 cm³/mol.